The molecule has 0 N–H and O–H groups in total. The van der Waals surface area contributed by atoms with Crippen LogP contribution in [0.1, 0.15) is 18.9 Å². The Labute approximate surface area is 163 Å². The first kappa shape index (κ1) is 18.6. The fourth-order valence-corrected chi connectivity index (χ4v) is 4.32. The highest BCUT2D eigenvalue weighted by molar-refractivity contribution is 5.98. The number of halogens is 1. The molecule has 1 aromatic heterocycles. The van der Waals surface area contributed by atoms with E-state index >= 15 is 0 Å². The van der Waals surface area contributed by atoms with Crippen molar-refractivity contribution >= 4 is 17.5 Å². The van der Waals surface area contributed by atoms with E-state index in [1.807, 2.05) is 12.1 Å². The van der Waals surface area contributed by atoms with Crippen molar-refractivity contribution in [1.29, 1.82) is 0 Å². The molecule has 3 heterocycles. The number of rotatable bonds is 3. The third-order valence-corrected chi connectivity index (χ3v) is 5.69. The Morgan fingerprint density at radius 2 is 2.00 bits per heavy atom. The summed E-state index contributed by atoms with van der Waals surface area (Å²) >= 11 is 0. The number of carbonyl (C=O) groups excluding carboxylic acids is 2. The van der Waals surface area contributed by atoms with Gasteiger partial charge in [0.2, 0.25) is 11.8 Å². The van der Waals surface area contributed by atoms with E-state index in [0.29, 0.717) is 19.6 Å². The summed E-state index contributed by atoms with van der Waals surface area (Å²) in [5.74, 6) is -0.420. The number of hydrogen-bond donors (Lipinski definition) is 0. The van der Waals surface area contributed by atoms with Crippen molar-refractivity contribution in [1.82, 2.24) is 14.8 Å². The molecular formula is C21H23FN4O2. The minimum atomic E-state index is -0.421. The molecule has 0 bridgehead atoms. The van der Waals surface area contributed by atoms with Gasteiger partial charge in [0.25, 0.3) is 0 Å². The molecule has 2 aromatic rings. The van der Waals surface area contributed by atoms with Crippen LogP contribution in [0.2, 0.25) is 0 Å². The largest absolute Gasteiger partial charge is 0.325 e. The van der Waals surface area contributed by atoms with Gasteiger partial charge in [-0.25, -0.2) is 4.39 Å². The van der Waals surface area contributed by atoms with Crippen LogP contribution in [-0.2, 0) is 16.1 Å². The number of aromatic nitrogens is 1. The van der Waals surface area contributed by atoms with E-state index in [0.717, 1.165) is 24.2 Å². The average Bonchev–Trinajstić information content (AvgIpc) is 3.09. The van der Waals surface area contributed by atoms with Crippen LogP contribution < -0.4 is 4.90 Å². The lowest BCUT2D eigenvalue weighted by molar-refractivity contribution is -0.142. The molecule has 0 saturated carbocycles. The zero-order valence-electron chi connectivity index (χ0n) is 15.8. The molecule has 2 amide bonds. The van der Waals surface area contributed by atoms with Gasteiger partial charge >= 0.3 is 0 Å². The Morgan fingerprint density at radius 3 is 2.68 bits per heavy atom. The average molecular weight is 382 g/mol. The fraction of sp³-hybridized carbons (Fsp3) is 0.381. The number of pyridine rings is 1. The van der Waals surface area contributed by atoms with Gasteiger partial charge in [-0.3, -0.25) is 19.5 Å². The Balaban J connectivity index is 1.56. The second-order valence-corrected chi connectivity index (χ2v) is 7.61. The van der Waals surface area contributed by atoms with Gasteiger partial charge in [-0.05, 0) is 36.2 Å². The van der Waals surface area contributed by atoms with Gasteiger partial charge < -0.3 is 9.80 Å². The summed E-state index contributed by atoms with van der Waals surface area (Å²) in [6.07, 6.45) is 4.15. The second-order valence-electron chi connectivity index (χ2n) is 7.61. The van der Waals surface area contributed by atoms with Crippen LogP contribution in [0.4, 0.5) is 10.1 Å². The van der Waals surface area contributed by atoms with Crippen molar-refractivity contribution in [3.05, 3.63) is 60.2 Å². The van der Waals surface area contributed by atoms with Gasteiger partial charge in [0, 0.05) is 32.8 Å². The van der Waals surface area contributed by atoms with Crippen molar-refractivity contribution in [3.8, 4) is 0 Å². The molecule has 2 aliphatic rings. The van der Waals surface area contributed by atoms with Crippen LogP contribution in [0.5, 0.6) is 0 Å². The molecule has 1 aromatic carbocycles. The normalized spacial score (nSPS) is 22.9. The van der Waals surface area contributed by atoms with E-state index in [4.69, 9.17) is 0 Å². The van der Waals surface area contributed by atoms with Crippen LogP contribution in [0.3, 0.4) is 0 Å². The molecule has 2 saturated heterocycles. The fourth-order valence-electron chi connectivity index (χ4n) is 4.32. The summed E-state index contributed by atoms with van der Waals surface area (Å²) in [5, 5.41) is 0. The van der Waals surface area contributed by atoms with E-state index < -0.39 is 5.54 Å². The van der Waals surface area contributed by atoms with E-state index in [1.165, 1.54) is 19.1 Å². The van der Waals surface area contributed by atoms with Crippen LogP contribution in [0.25, 0.3) is 0 Å². The molecule has 6 nitrogen and oxygen atoms in total. The van der Waals surface area contributed by atoms with Gasteiger partial charge in [-0.15, -0.1) is 0 Å². The molecule has 2 aliphatic heterocycles. The molecule has 146 valence electrons. The molecule has 0 aliphatic carbocycles. The molecule has 7 heteroatoms. The lowest BCUT2D eigenvalue weighted by Gasteiger charge is -2.48. The van der Waals surface area contributed by atoms with Crippen LogP contribution in [0, 0.1) is 5.82 Å². The number of likely N-dealkylation sites (tertiary alicyclic amines) is 1. The van der Waals surface area contributed by atoms with Crippen molar-refractivity contribution in [3.63, 3.8) is 0 Å². The van der Waals surface area contributed by atoms with Gasteiger partial charge in [0.15, 0.2) is 0 Å². The predicted octanol–water partition coefficient (Wildman–Crippen LogP) is 2.06. The second kappa shape index (κ2) is 7.31. The maximum absolute atomic E-state index is 13.2. The lowest BCUT2D eigenvalue weighted by atomic mass is 9.91. The molecule has 28 heavy (non-hydrogen) atoms. The van der Waals surface area contributed by atoms with Crippen molar-refractivity contribution in [2.45, 2.75) is 25.4 Å². The maximum Gasteiger partial charge on any atom is 0.246 e. The van der Waals surface area contributed by atoms with Gasteiger partial charge in [-0.2, -0.15) is 0 Å². The van der Waals surface area contributed by atoms with E-state index in [1.54, 1.807) is 34.3 Å². The predicted molar refractivity (Wildman–Crippen MR) is 103 cm³/mol. The van der Waals surface area contributed by atoms with Gasteiger partial charge in [-0.1, -0.05) is 12.1 Å². The summed E-state index contributed by atoms with van der Waals surface area (Å²) in [7, 11) is 0. The number of anilines is 1. The van der Waals surface area contributed by atoms with Gasteiger partial charge in [0.05, 0.1) is 24.0 Å². The molecular weight excluding hydrogens is 359 g/mol. The van der Waals surface area contributed by atoms with Crippen LogP contribution >= 0.6 is 0 Å². The SMILES string of the molecule is CC(=O)N1CC(=O)N(c2cccnc2)CC12CCN(Cc1ccc(F)cc1)C2. The number of benzene rings is 1. The van der Waals surface area contributed by atoms with Gasteiger partial charge in [0.1, 0.15) is 12.4 Å². The van der Waals surface area contributed by atoms with Crippen LogP contribution in [-0.4, -0.2) is 58.3 Å². The highest BCUT2D eigenvalue weighted by atomic mass is 19.1. The Hall–Kier alpha value is -2.80. The summed E-state index contributed by atoms with van der Waals surface area (Å²) in [6.45, 7) is 4.24. The van der Waals surface area contributed by atoms with E-state index in [-0.39, 0.29) is 24.2 Å². The molecule has 2 fully saturated rings. The number of amides is 2. The van der Waals surface area contributed by atoms with E-state index in [9.17, 15) is 14.0 Å². The molecule has 4 rings (SSSR count). The Bertz CT molecular complexity index is 874. The standard InChI is InChI=1S/C21H23FN4O2/c1-16(27)26-13-20(28)25(19-3-2-9-23-11-19)15-21(26)8-10-24(14-21)12-17-4-6-18(22)7-5-17/h2-7,9,11H,8,10,12-15H2,1H3. The van der Waals surface area contributed by atoms with Crippen molar-refractivity contribution in [2.75, 3.05) is 31.1 Å². The number of hydrogen-bond acceptors (Lipinski definition) is 4. The summed E-state index contributed by atoms with van der Waals surface area (Å²) < 4.78 is 13.2. The first-order valence-corrected chi connectivity index (χ1v) is 9.42. The van der Waals surface area contributed by atoms with Crippen molar-refractivity contribution < 1.29 is 14.0 Å². The molecule has 1 unspecified atom stereocenters. The number of carbonyl (C=O) groups is 2. The number of nitrogens with zero attached hydrogens (tertiary/aromatic N) is 4. The summed E-state index contributed by atoms with van der Waals surface area (Å²) in [6, 6.07) is 10.2. The highest BCUT2D eigenvalue weighted by Gasteiger charge is 2.50. The first-order valence-electron chi connectivity index (χ1n) is 9.42. The zero-order valence-corrected chi connectivity index (χ0v) is 15.8. The van der Waals surface area contributed by atoms with Crippen LogP contribution in [0.15, 0.2) is 48.8 Å². The molecule has 1 atom stereocenters. The zero-order chi connectivity index (χ0) is 19.7. The maximum atomic E-state index is 13.2. The Kier molecular flexibility index (Phi) is 4.85. The quantitative estimate of drug-likeness (QED) is 0.816. The summed E-state index contributed by atoms with van der Waals surface area (Å²) in [4.78, 5) is 34.9. The minimum Gasteiger partial charge on any atom is -0.325 e. The lowest BCUT2D eigenvalue weighted by Crippen LogP contribution is -2.66. The van der Waals surface area contributed by atoms with E-state index in [2.05, 4.69) is 9.88 Å². The first-order chi connectivity index (χ1) is 13.5. The summed E-state index contributed by atoms with van der Waals surface area (Å²) in [5.41, 5.74) is 1.37. The topological polar surface area (TPSA) is 56.8 Å². The third-order valence-electron chi connectivity index (χ3n) is 5.69. The minimum absolute atomic E-state index is 0.0780. The van der Waals surface area contributed by atoms with Crippen molar-refractivity contribution in [2.24, 2.45) is 0 Å². The Morgan fingerprint density at radius 1 is 1.21 bits per heavy atom. The monoisotopic (exact) mass is 382 g/mol. The third kappa shape index (κ3) is 3.49. The molecule has 1 spiro atoms. The molecule has 0 radical (unpaired) electrons. The highest BCUT2D eigenvalue weighted by Crippen LogP contribution is 2.35. The number of piperazine rings is 1. The smallest absolute Gasteiger partial charge is 0.246 e.